The maximum absolute atomic E-state index is 10.9. The number of rotatable bonds is 3. The zero-order valence-corrected chi connectivity index (χ0v) is 13.6. The standard InChI is InChI=1S/C18H32O3/c1-2-14-3-5-15(6-4-14)17(19)16-7-10-21-18(13-16)8-11-20-12-9-18/h14-17,19H,2-13H2,1H3. The predicted octanol–water partition coefficient (Wildman–Crippen LogP) is 3.54. The molecule has 3 nitrogen and oxygen atoms in total. The molecule has 3 heteroatoms. The first-order chi connectivity index (χ1) is 10.2. The third-order valence-electron chi connectivity index (χ3n) is 6.37. The van der Waals surface area contributed by atoms with Crippen molar-refractivity contribution < 1.29 is 14.6 Å². The second-order valence-corrected chi connectivity index (χ2v) is 7.58. The summed E-state index contributed by atoms with van der Waals surface area (Å²) in [7, 11) is 0. The Morgan fingerprint density at radius 1 is 1.00 bits per heavy atom. The van der Waals surface area contributed by atoms with Crippen LogP contribution in [0.3, 0.4) is 0 Å². The molecule has 3 rings (SSSR count). The summed E-state index contributed by atoms with van der Waals surface area (Å²) in [6.07, 6.45) is 10.4. The molecule has 2 heterocycles. The number of hydrogen-bond acceptors (Lipinski definition) is 3. The Hall–Kier alpha value is -0.120. The smallest absolute Gasteiger partial charge is 0.0730 e. The van der Waals surface area contributed by atoms with Crippen molar-refractivity contribution in [3.05, 3.63) is 0 Å². The van der Waals surface area contributed by atoms with E-state index < -0.39 is 0 Å². The van der Waals surface area contributed by atoms with Gasteiger partial charge in [0.15, 0.2) is 0 Å². The second-order valence-electron chi connectivity index (χ2n) is 7.58. The van der Waals surface area contributed by atoms with Crippen LogP contribution in [0.4, 0.5) is 0 Å². The Kier molecular flexibility index (Phi) is 5.23. The highest BCUT2D eigenvalue weighted by Crippen LogP contribution is 2.42. The normalized spacial score (nSPS) is 38.3. The van der Waals surface area contributed by atoms with Crippen molar-refractivity contribution in [1.82, 2.24) is 0 Å². The summed E-state index contributed by atoms with van der Waals surface area (Å²) in [5.74, 6) is 1.89. The van der Waals surface area contributed by atoms with Crippen LogP contribution < -0.4 is 0 Å². The summed E-state index contributed by atoms with van der Waals surface area (Å²) in [4.78, 5) is 0. The summed E-state index contributed by atoms with van der Waals surface area (Å²) in [5, 5.41) is 10.9. The summed E-state index contributed by atoms with van der Waals surface area (Å²) >= 11 is 0. The SMILES string of the molecule is CCC1CCC(C(O)C2CCOC3(CCOCC3)C2)CC1. The molecule has 21 heavy (non-hydrogen) atoms. The van der Waals surface area contributed by atoms with Crippen LogP contribution in [0.15, 0.2) is 0 Å². The summed E-state index contributed by atoms with van der Waals surface area (Å²) in [6, 6.07) is 0. The van der Waals surface area contributed by atoms with Crippen LogP contribution >= 0.6 is 0 Å². The lowest BCUT2D eigenvalue weighted by Crippen LogP contribution is -2.48. The van der Waals surface area contributed by atoms with Crippen molar-refractivity contribution in [2.45, 2.75) is 76.4 Å². The molecule has 0 aromatic heterocycles. The largest absolute Gasteiger partial charge is 0.393 e. The molecular weight excluding hydrogens is 264 g/mol. The van der Waals surface area contributed by atoms with Gasteiger partial charge in [-0.05, 0) is 56.3 Å². The second kappa shape index (κ2) is 6.97. The van der Waals surface area contributed by atoms with E-state index in [4.69, 9.17) is 9.47 Å². The van der Waals surface area contributed by atoms with Crippen molar-refractivity contribution in [1.29, 1.82) is 0 Å². The zero-order chi connectivity index (χ0) is 14.7. The maximum Gasteiger partial charge on any atom is 0.0730 e. The molecule has 122 valence electrons. The molecule has 3 aliphatic rings. The molecule has 3 fully saturated rings. The third-order valence-corrected chi connectivity index (χ3v) is 6.37. The quantitative estimate of drug-likeness (QED) is 0.866. The molecule has 0 radical (unpaired) electrons. The van der Waals surface area contributed by atoms with E-state index in [9.17, 15) is 5.11 Å². The molecule has 0 bridgehead atoms. The average molecular weight is 296 g/mol. The number of aliphatic hydroxyl groups excluding tert-OH is 1. The monoisotopic (exact) mass is 296 g/mol. The molecule has 1 aliphatic carbocycles. The van der Waals surface area contributed by atoms with E-state index in [0.717, 1.165) is 51.4 Å². The van der Waals surface area contributed by atoms with Crippen molar-refractivity contribution in [2.24, 2.45) is 17.8 Å². The van der Waals surface area contributed by atoms with Crippen LogP contribution in [0.2, 0.25) is 0 Å². The highest BCUT2D eigenvalue weighted by Gasteiger charge is 2.42. The molecule has 2 unspecified atom stereocenters. The molecule has 0 aromatic carbocycles. The first-order valence-corrected chi connectivity index (χ1v) is 9.12. The van der Waals surface area contributed by atoms with E-state index in [-0.39, 0.29) is 11.7 Å². The van der Waals surface area contributed by atoms with E-state index in [2.05, 4.69) is 6.92 Å². The molecule has 1 N–H and O–H groups in total. The van der Waals surface area contributed by atoms with Gasteiger partial charge in [-0.1, -0.05) is 26.2 Å². The molecule has 0 aromatic rings. The number of ether oxygens (including phenoxy) is 2. The summed E-state index contributed by atoms with van der Waals surface area (Å²) < 4.78 is 11.6. The predicted molar refractivity (Wildman–Crippen MR) is 83.2 cm³/mol. The zero-order valence-electron chi connectivity index (χ0n) is 13.6. The van der Waals surface area contributed by atoms with Gasteiger partial charge in [-0.2, -0.15) is 0 Å². The van der Waals surface area contributed by atoms with Gasteiger partial charge in [0.25, 0.3) is 0 Å². The summed E-state index contributed by atoms with van der Waals surface area (Å²) in [5.41, 5.74) is 0.0166. The molecule has 0 amide bonds. The van der Waals surface area contributed by atoms with E-state index >= 15 is 0 Å². The lowest BCUT2D eigenvalue weighted by Gasteiger charge is -2.46. The first-order valence-electron chi connectivity index (χ1n) is 9.12. The van der Waals surface area contributed by atoms with Crippen molar-refractivity contribution >= 4 is 0 Å². The van der Waals surface area contributed by atoms with Crippen LogP contribution in [-0.4, -0.2) is 36.6 Å². The fourth-order valence-electron chi connectivity index (χ4n) is 4.77. The van der Waals surface area contributed by atoms with Crippen LogP contribution in [0.5, 0.6) is 0 Å². The van der Waals surface area contributed by atoms with Gasteiger partial charge in [0.1, 0.15) is 0 Å². The van der Waals surface area contributed by atoms with Gasteiger partial charge < -0.3 is 14.6 Å². The minimum Gasteiger partial charge on any atom is -0.393 e. The van der Waals surface area contributed by atoms with Gasteiger partial charge in [0.05, 0.1) is 11.7 Å². The van der Waals surface area contributed by atoms with Crippen molar-refractivity contribution in [3.8, 4) is 0 Å². The minimum absolute atomic E-state index is 0.0166. The van der Waals surface area contributed by atoms with Gasteiger partial charge in [0, 0.05) is 19.8 Å². The van der Waals surface area contributed by atoms with Crippen LogP contribution in [0, 0.1) is 17.8 Å². The highest BCUT2D eigenvalue weighted by molar-refractivity contribution is 4.93. The Morgan fingerprint density at radius 2 is 1.71 bits per heavy atom. The highest BCUT2D eigenvalue weighted by atomic mass is 16.5. The Morgan fingerprint density at radius 3 is 2.38 bits per heavy atom. The lowest BCUT2D eigenvalue weighted by molar-refractivity contribution is -0.163. The molecule has 2 aliphatic heterocycles. The average Bonchev–Trinajstić information content (AvgIpc) is 2.55. The van der Waals surface area contributed by atoms with Gasteiger partial charge >= 0.3 is 0 Å². The lowest BCUT2D eigenvalue weighted by atomic mass is 9.71. The van der Waals surface area contributed by atoms with Crippen molar-refractivity contribution in [3.63, 3.8) is 0 Å². The molecule has 1 saturated carbocycles. The Labute approximate surface area is 129 Å². The molecular formula is C18H32O3. The molecule has 1 spiro atoms. The fourth-order valence-corrected chi connectivity index (χ4v) is 4.77. The third kappa shape index (κ3) is 3.62. The minimum atomic E-state index is -0.105. The first kappa shape index (κ1) is 15.8. The summed E-state index contributed by atoms with van der Waals surface area (Å²) in [6.45, 7) is 4.77. The van der Waals surface area contributed by atoms with E-state index in [1.807, 2.05) is 0 Å². The van der Waals surface area contributed by atoms with E-state index in [0.29, 0.717) is 11.8 Å². The van der Waals surface area contributed by atoms with Gasteiger partial charge in [-0.15, -0.1) is 0 Å². The topological polar surface area (TPSA) is 38.7 Å². The number of aliphatic hydroxyl groups is 1. The van der Waals surface area contributed by atoms with Crippen molar-refractivity contribution in [2.75, 3.05) is 19.8 Å². The Bertz CT molecular complexity index is 311. The van der Waals surface area contributed by atoms with E-state index in [1.165, 1.54) is 32.1 Å². The fraction of sp³-hybridized carbons (Fsp3) is 1.00. The number of hydrogen-bond donors (Lipinski definition) is 1. The molecule has 2 atom stereocenters. The van der Waals surface area contributed by atoms with Crippen LogP contribution in [0.1, 0.15) is 64.7 Å². The van der Waals surface area contributed by atoms with Crippen LogP contribution in [0.25, 0.3) is 0 Å². The maximum atomic E-state index is 10.9. The van der Waals surface area contributed by atoms with Gasteiger partial charge in [0.2, 0.25) is 0 Å². The van der Waals surface area contributed by atoms with Crippen LogP contribution in [-0.2, 0) is 9.47 Å². The van der Waals surface area contributed by atoms with Gasteiger partial charge in [-0.3, -0.25) is 0 Å². The molecule has 2 saturated heterocycles. The Balaban J connectivity index is 1.55. The van der Waals surface area contributed by atoms with E-state index in [1.54, 1.807) is 0 Å². The van der Waals surface area contributed by atoms with Gasteiger partial charge in [-0.25, -0.2) is 0 Å².